The second kappa shape index (κ2) is 7.08. The van der Waals surface area contributed by atoms with Gasteiger partial charge in [0.1, 0.15) is 5.82 Å². The van der Waals surface area contributed by atoms with Crippen LogP contribution in [0.25, 0.3) is 0 Å². The minimum absolute atomic E-state index is 0.0286. The quantitative estimate of drug-likeness (QED) is 0.776. The Morgan fingerprint density at radius 3 is 2.78 bits per heavy atom. The average molecular weight is 254 g/mol. The molecule has 0 radical (unpaired) electrons. The van der Waals surface area contributed by atoms with E-state index in [0.717, 1.165) is 18.7 Å². The normalized spacial score (nSPS) is 10.7. The van der Waals surface area contributed by atoms with Crippen LogP contribution in [0.15, 0.2) is 18.2 Å². The van der Waals surface area contributed by atoms with Gasteiger partial charge in [-0.2, -0.15) is 0 Å². The Balaban J connectivity index is 2.69. The van der Waals surface area contributed by atoms with Gasteiger partial charge < -0.3 is 15.0 Å². The van der Waals surface area contributed by atoms with Gasteiger partial charge in [0.15, 0.2) is 0 Å². The molecule has 1 rings (SSSR count). The van der Waals surface area contributed by atoms with Crippen molar-refractivity contribution in [3.8, 4) is 0 Å². The maximum Gasteiger partial charge on any atom is 0.340 e. The molecule has 0 heterocycles. The summed E-state index contributed by atoms with van der Waals surface area (Å²) in [6.07, 6.45) is 0. The number of hydrogen-bond acceptors (Lipinski definition) is 4. The highest BCUT2D eigenvalue weighted by molar-refractivity contribution is 5.89. The summed E-state index contributed by atoms with van der Waals surface area (Å²) in [5.74, 6) is -1.19. The maximum atomic E-state index is 13.7. The Hall–Kier alpha value is -1.46. The summed E-state index contributed by atoms with van der Waals surface area (Å²) in [6, 6.07) is 4.58. The minimum Gasteiger partial charge on any atom is -0.465 e. The molecule has 1 aromatic rings. The number of nitrogens with zero attached hydrogens (tertiary/aromatic N) is 1. The third kappa shape index (κ3) is 4.09. The monoisotopic (exact) mass is 254 g/mol. The van der Waals surface area contributed by atoms with Gasteiger partial charge >= 0.3 is 5.97 Å². The van der Waals surface area contributed by atoms with E-state index in [0.29, 0.717) is 6.54 Å². The second-order valence-electron chi connectivity index (χ2n) is 4.15. The Labute approximate surface area is 107 Å². The number of carbonyl (C=O) groups excluding carboxylic acids is 1. The first-order valence-corrected chi connectivity index (χ1v) is 5.78. The zero-order valence-corrected chi connectivity index (χ0v) is 11.0. The molecule has 0 fully saturated rings. The number of esters is 1. The Bertz CT molecular complexity index is 410. The molecule has 5 heteroatoms. The molecular formula is C13H19FN2O2. The number of methoxy groups -OCH3 is 1. The van der Waals surface area contributed by atoms with Crippen molar-refractivity contribution >= 4 is 5.97 Å². The lowest BCUT2D eigenvalue weighted by atomic mass is 10.1. The van der Waals surface area contributed by atoms with Crippen LogP contribution in [0.4, 0.5) is 4.39 Å². The van der Waals surface area contributed by atoms with E-state index >= 15 is 0 Å². The van der Waals surface area contributed by atoms with Crippen LogP contribution >= 0.6 is 0 Å². The van der Waals surface area contributed by atoms with Crippen molar-refractivity contribution in [1.82, 2.24) is 10.2 Å². The number of carbonyl (C=O) groups is 1. The lowest BCUT2D eigenvalue weighted by Gasteiger charge is -2.16. The lowest BCUT2D eigenvalue weighted by Crippen LogP contribution is -2.27. The second-order valence-corrected chi connectivity index (χ2v) is 4.15. The topological polar surface area (TPSA) is 41.6 Å². The number of halogens is 1. The van der Waals surface area contributed by atoms with Crippen molar-refractivity contribution in [1.29, 1.82) is 0 Å². The van der Waals surface area contributed by atoms with Crippen LogP contribution in [-0.2, 0) is 11.3 Å². The molecule has 0 spiro atoms. The number of ether oxygens (including phenoxy) is 1. The molecule has 0 aliphatic carbocycles. The standard InChI is InChI=1S/C13H19FN2O2/c1-15-6-7-16(2)9-10-4-5-11(12(14)8-10)13(17)18-3/h4-5,8,15H,6-7,9H2,1-3H3. The molecule has 0 saturated heterocycles. The van der Waals surface area contributed by atoms with Crippen molar-refractivity contribution in [2.24, 2.45) is 0 Å². The summed E-state index contributed by atoms with van der Waals surface area (Å²) in [5.41, 5.74) is 0.804. The molecule has 0 aliphatic rings. The van der Waals surface area contributed by atoms with Crippen LogP contribution in [0.3, 0.4) is 0 Å². The smallest absolute Gasteiger partial charge is 0.340 e. The first kappa shape index (κ1) is 14.6. The molecule has 100 valence electrons. The fraction of sp³-hybridized carbons (Fsp3) is 0.462. The number of rotatable bonds is 6. The van der Waals surface area contributed by atoms with Crippen LogP contribution in [-0.4, -0.2) is 45.2 Å². The van der Waals surface area contributed by atoms with Crippen molar-refractivity contribution in [2.45, 2.75) is 6.54 Å². The molecule has 1 aromatic carbocycles. The highest BCUT2D eigenvalue weighted by atomic mass is 19.1. The van der Waals surface area contributed by atoms with Gasteiger partial charge in [-0.25, -0.2) is 9.18 Å². The first-order chi connectivity index (χ1) is 8.58. The summed E-state index contributed by atoms with van der Waals surface area (Å²) in [7, 11) is 5.09. The molecule has 0 atom stereocenters. The summed E-state index contributed by atoms with van der Waals surface area (Å²) < 4.78 is 18.2. The fourth-order valence-electron chi connectivity index (χ4n) is 1.63. The predicted molar refractivity (Wildman–Crippen MR) is 68.0 cm³/mol. The van der Waals surface area contributed by atoms with Crippen LogP contribution in [0.1, 0.15) is 15.9 Å². The SMILES string of the molecule is CNCCN(C)Cc1ccc(C(=O)OC)c(F)c1. The fourth-order valence-corrected chi connectivity index (χ4v) is 1.63. The first-order valence-electron chi connectivity index (χ1n) is 5.78. The van der Waals surface area contributed by atoms with E-state index in [1.165, 1.54) is 19.2 Å². The molecule has 1 N–H and O–H groups in total. The summed E-state index contributed by atoms with van der Waals surface area (Å²) >= 11 is 0. The molecule has 0 saturated carbocycles. The molecule has 18 heavy (non-hydrogen) atoms. The van der Waals surface area contributed by atoms with Crippen molar-refractivity contribution in [2.75, 3.05) is 34.3 Å². The van der Waals surface area contributed by atoms with E-state index in [1.54, 1.807) is 6.07 Å². The van der Waals surface area contributed by atoms with Gasteiger partial charge in [-0.3, -0.25) is 0 Å². The number of likely N-dealkylation sites (N-methyl/N-ethyl adjacent to an activating group) is 2. The summed E-state index contributed by atoms with van der Waals surface area (Å²) in [6.45, 7) is 2.39. The minimum atomic E-state index is -0.650. The predicted octanol–water partition coefficient (Wildman–Crippen LogP) is 1.26. The van der Waals surface area contributed by atoms with E-state index in [-0.39, 0.29) is 5.56 Å². The van der Waals surface area contributed by atoms with Crippen molar-refractivity contribution in [3.63, 3.8) is 0 Å². The van der Waals surface area contributed by atoms with Crippen molar-refractivity contribution < 1.29 is 13.9 Å². The van der Waals surface area contributed by atoms with Crippen LogP contribution in [0, 0.1) is 5.82 Å². The Morgan fingerprint density at radius 2 is 2.22 bits per heavy atom. The largest absolute Gasteiger partial charge is 0.465 e. The maximum absolute atomic E-state index is 13.7. The van der Waals surface area contributed by atoms with Crippen LogP contribution in [0.5, 0.6) is 0 Å². The zero-order valence-electron chi connectivity index (χ0n) is 11.0. The number of hydrogen-bond donors (Lipinski definition) is 1. The number of nitrogens with one attached hydrogen (secondary N) is 1. The molecular weight excluding hydrogens is 235 g/mol. The zero-order chi connectivity index (χ0) is 13.5. The van der Waals surface area contributed by atoms with Crippen LogP contribution < -0.4 is 5.32 Å². The highest BCUT2D eigenvalue weighted by Crippen LogP contribution is 2.12. The van der Waals surface area contributed by atoms with E-state index in [1.807, 2.05) is 14.1 Å². The summed E-state index contributed by atoms with van der Waals surface area (Å²) in [4.78, 5) is 13.3. The van der Waals surface area contributed by atoms with Crippen LogP contribution in [0.2, 0.25) is 0 Å². The van der Waals surface area contributed by atoms with E-state index in [4.69, 9.17) is 0 Å². The summed E-state index contributed by atoms with van der Waals surface area (Å²) in [5, 5.41) is 3.05. The van der Waals surface area contributed by atoms with Gasteiger partial charge in [-0.05, 0) is 31.8 Å². The van der Waals surface area contributed by atoms with E-state index in [9.17, 15) is 9.18 Å². The molecule has 0 amide bonds. The van der Waals surface area contributed by atoms with Gasteiger partial charge in [0.05, 0.1) is 12.7 Å². The molecule has 0 unspecified atom stereocenters. The van der Waals surface area contributed by atoms with Gasteiger partial charge in [0.25, 0.3) is 0 Å². The van der Waals surface area contributed by atoms with Gasteiger partial charge in [-0.1, -0.05) is 6.07 Å². The molecule has 4 nitrogen and oxygen atoms in total. The Morgan fingerprint density at radius 1 is 1.50 bits per heavy atom. The van der Waals surface area contributed by atoms with Gasteiger partial charge in [-0.15, -0.1) is 0 Å². The van der Waals surface area contributed by atoms with E-state index in [2.05, 4.69) is 15.0 Å². The Kier molecular flexibility index (Phi) is 5.74. The van der Waals surface area contributed by atoms with E-state index < -0.39 is 11.8 Å². The third-order valence-electron chi connectivity index (χ3n) is 2.63. The molecule has 0 aromatic heterocycles. The molecule has 0 bridgehead atoms. The molecule has 0 aliphatic heterocycles. The van der Waals surface area contributed by atoms with Gasteiger partial charge in [0.2, 0.25) is 0 Å². The number of benzene rings is 1. The highest BCUT2D eigenvalue weighted by Gasteiger charge is 2.12. The third-order valence-corrected chi connectivity index (χ3v) is 2.63. The average Bonchev–Trinajstić information content (AvgIpc) is 2.35. The van der Waals surface area contributed by atoms with Gasteiger partial charge in [0, 0.05) is 19.6 Å². The van der Waals surface area contributed by atoms with Crippen molar-refractivity contribution in [3.05, 3.63) is 35.1 Å². The lowest BCUT2D eigenvalue weighted by molar-refractivity contribution is 0.0595.